The number of benzene rings is 2. The van der Waals surface area contributed by atoms with E-state index in [1.165, 1.54) is 0 Å². The van der Waals surface area contributed by atoms with Crippen LogP contribution in [0.4, 0.5) is 4.79 Å². The molecule has 2 aliphatic heterocycles. The van der Waals surface area contributed by atoms with E-state index in [1.54, 1.807) is 32.7 Å². The van der Waals surface area contributed by atoms with Gasteiger partial charge in [0.1, 0.15) is 17.2 Å². The molecule has 0 aromatic heterocycles. The summed E-state index contributed by atoms with van der Waals surface area (Å²) in [4.78, 5) is 52.3. The fraction of sp³-hybridized carbons (Fsp3) is 0.448. The van der Waals surface area contributed by atoms with Crippen molar-refractivity contribution >= 4 is 23.8 Å². The Morgan fingerprint density at radius 1 is 1.08 bits per heavy atom. The van der Waals surface area contributed by atoms with Crippen molar-refractivity contribution in [2.45, 2.75) is 63.8 Å². The molecule has 0 unspecified atom stereocenters. The van der Waals surface area contributed by atoms with Gasteiger partial charge in [0.25, 0.3) is 5.91 Å². The molecule has 1 saturated heterocycles. The van der Waals surface area contributed by atoms with Crippen LogP contribution in [-0.2, 0) is 32.0 Å². The summed E-state index contributed by atoms with van der Waals surface area (Å²) >= 11 is 0. The summed E-state index contributed by atoms with van der Waals surface area (Å²) in [6, 6.07) is 12.4. The van der Waals surface area contributed by atoms with E-state index >= 15 is 0 Å². The minimum absolute atomic E-state index is 0.00645. The first kappa shape index (κ1) is 28.1. The number of nitrogens with zero attached hydrogens (tertiary/aromatic N) is 1. The van der Waals surface area contributed by atoms with Crippen LogP contribution < -0.4 is 16.4 Å². The van der Waals surface area contributed by atoms with Crippen molar-refractivity contribution in [1.29, 1.82) is 0 Å². The second-order valence-electron chi connectivity index (χ2n) is 11.2. The normalized spacial score (nSPS) is 17.2. The van der Waals surface area contributed by atoms with Gasteiger partial charge in [-0.15, -0.1) is 0 Å². The SMILES string of the molecule is CN1Cc2ccc(-c3ccc(C[C@H](NC(=O)C4(NC(=O)OC(C)(C)C)CCOCC4)C(N)=O)cc3)cc2C1=O. The van der Waals surface area contributed by atoms with Gasteiger partial charge in [-0.3, -0.25) is 14.4 Å². The highest BCUT2D eigenvalue weighted by molar-refractivity contribution is 5.99. The summed E-state index contributed by atoms with van der Waals surface area (Å²) in [7, 11) is 1.78. The molecule has 4 amide bonds. The first-order valence-corrected chi connectivity index (χ1v) is 13.0. The van der Waals surface area contributed by atoms with Crippen molar-refractivity contribution in [3.8, 4) is 11.1 Å². The zero-order valence-corrected chi connectivity index (χ0v) is 22.8. The number of hydrogen-bond donors (Lipinski definition) is 3. The summed E-state index contributed by atoms with van der Waals surface area (Å²) in [6.45, 7) is 6.36. The van der Waals surface area contributed by atoms with Crippen molar-refractivity contribution in [3.63, 3.8) is 0 Å². The number of carbonyl (C=O) groups is 4. The number of carbonyl (C=O) groups excluding carboxylic acids is 4. The zero-order valence-electron chi connectivity index (χ0n) is 22.8. The molecule has 2 aromatic carbocycles. The Kier molecular flexibility index (Phi) is 7.96. The number of fused-ring (bicyclic) bond motifs is 1. The van der Waals surface area contributed by atoms with E-state index < -0.39 is 35.1 Å². The van der Waals surface area contributed by atoms with Gasteiger partial charge in [-0.1, -0.05) is 36.4 Å². The monoisotopic (exact) mass is 536 g/mol. The number of rotatable bonds is 7. The maximum Gasteiger partial charge on any atom is 0.408 e. The molecule has 0 saturated carbocycles. The van der Waals surface area contributed by atoms with E-state index in [0.717, 1.165) is 22.3 Å². The van der Waals surface area contributed by atoms with E-state index in [0.29, 0.717) is 12.1 Å². The van der Waals surface area contributed by atoms with Crippen LogP contribution in [0.2, 0.25) is 0 Å². The number of alkyl carbamates (subject to hydrolysis) is 1. The molecule has 1 atom stereocenters. The van der Waals surface area contributed by atoms with Gasteiger partial charge in [-0.25, -0.2) is 4.79 Å². The minimum atomic E-state index is -1.28. The quantitative estimate of drug-likeness (QED) is 0.497. The number of primary amides is 1. The first-order valence-electron chi connectivity index (χ1n) is 13.0. The second kappa shape index (κ2) is 11.1. The third-order valence-corrected chi connectivity index (χ3v) is 6.99. The van der Waals surface area contributed by atoms with Gasteiger partial charge in [0, 0.05) is 51.6 Å². The molecular formula is C29H36N4O6. The third kappa shape index (κ3) is 6.57. The van der Waals surface area contributed by atoms with Crippen molar-refractivity contribution in [3.05, 3.63) is 59.2 Å². The summed E-state index contributed by atoms with van der Waals surface area (Å²) < 4.78 is 10.8. The lowest BCUT2D eigenvalue weighted by molar-refractivity contribution is -0.135. The summed E-state index contributed by atoms with van der Waals surface area (Å²) in [5.41, 5.74) is 7.99. The molecule has 4 N–H and O–H groups in total. The van der Waals surface area contributed by atoms with Crippen LogP contribution in [0.25, 0.3) is 11.1 Å². The molecule has 0 aliphatic carbocycles. The Labute approximate surface area is 228 Å². The molecule has 10 heteroatoms. The zero-order chi connectivity index (χ0) is 28.4. The molecule has 208 valence electrons. The van der Waals surface area contributed by atoms with E-state index in [2.05, 4.69) is 10.6 Å². The van der Waals surface area contributed by atoms with E-state index in [9.17, 15) is 19.2 Å². The predicted molar refractivity (Wildman–Crippen MR) is 145 cm³/mol. The highest BCUT2D eigenvalue weighted by Gasteiger charge is 2.43. The Hall–Kier alpha value is -3.92. The van der Waals surface area contributed by atoms with Gasteiger partial charge in [-0.2, -0.15) is 0 Å². The van der Waals surface area contributed by atoms with Crippen LogP contribution in [0.5, 0.6) is 0 Å². The molecule has 4 rings (SSSR count). The Balaban J connectivity index is 1.46. The standard InChI is InChI=1S/C29H36N4O6/c1-28(2,3)39-27(37)32-29(11-13-38-14-12-29)26(36)31-23(24(30)34)15-18-5-7-19(8-6-18)20-9-10-21-17-33(4)25(35)22(21)16-20/h5-10,16,23H,11-15,17H2,1-4H3,(H2,30,34)(H,31,36)(H,32,37)/t23-/m0/s1. The highest BCUT2D eigenvalue weighted by Crippen LogP contribution is 2.28. The van der Waals surface area contributed by atoms with Gasteiger partial charge >= 0.3 is 6.09 Å². The van der Waals surface area contributed by atoms with Gasteiger partial charge in [0.15, 0.2) is 0 Å². The molecule has 2 aliphatic rings. The first-order chi connectivity index (χ1) is 18.4. The maximum absolute atomic E-state index is 13.4. The van der Waals surface area contributed by atoms with Crippen LogP contribution >= 0.6 is 0 Å². The Morgan fingerprint density at radius 2 is 1.72 bits per heavy atom. The number of nitrogens with two attached hydrogens (primary N) is 1. The fourth-order valence-electron chi connectivity index (χ4n) is 4.84. The fourth-order valence-corrected chi connectivity index (χ4v) is 4.84. The highest BCUT2D eigenvalue weighted by atomic mass is 16.6. The minimum Gasteiger partial charge on any atom is -0.444 e. The average Bonchev–Trinajstić information content (AvgIpc) is 3.16. The number of amides is 4. The predicted octanol–water partition coefficient (Wildman–Crippen LogP) is 2.53. The maximum atomic E-state index is 13.4. The number of nitrogens with one attached hydrogen (secondary N) is 2. The summed E-state index contributed by atoms with van der Waals surface area (Å²) in [5.74, 6) is -1.19. The van der Waals surface area contributed by atoms with Crippen molar-refractivity contribution in [1.82, 2.24) is 15.5 Å². The van der Waals surface area contributed by atoms with Crippen LogP contribution in [0, 0.1) is 0 Å². The number of hydrogen-bond acceptors (Lipinski definition) is 6. The summed E-state index contributed by atoms with van der Waals surface area (Å²) in [5, 5.41) is 5.46. The molecule has 39 heavy (non-hydrogen) atoms. The van der Waals surface area contributed by atoms with Crippen LogP contribution in [0.1, 0.15) is 55.1 Å². The van der Waals surface area contributed by atoms with Crippen molar-refractivity contribution in [2.75, 3.05) is 20.3 Å². The molecule has 0 spiro atoms. The van der Waals surface area contributed by atoms with E-state index in [1.807, 2.05) is 42.5 Å². The number of ether oxygens (including phenoxy) is 2. The van der Waals surface area contributed by atoms with Gasteiger partial charge in [-0.05, 0) is 49.1 Å². The third-order valence-electron chi connectivity index (χ3n) is 6.99. The second-order valence-corrected chi connectivity index (χ2v) is 11.2. The van der Waals surface area contributed by atoms with Crippen LogP contribution in [-0.4, -0.2) is 66.2 Å². The lowest BCUT2D eigenvalue weighted by atomic mass is 9.88. The van der Waals surface area contributed by atoms with E-state index in [-0.39, 0.29) is 38.4 Å². The van der Waals surface area contributed by atoms with Crippen LogP contribution in [0.15, 0.2) is 42.5 Å². The average molecular weight is 537 g/mol. The van der Waals surface area contributed by atoms with Crippen molar-refractivity contribution < 1.29 is 28.7 Å². The van der Waals surface area contributed by atoms with Gasteiger partial charge in [0.05, 0.1) is 0 Å². The van der Waals surface area contributed by atoms with Crippen molar-refractivity contribution in [2.24, 2.45) is 5.73 Å². The van der Waals surface area contributed by atoms with Gasteiger partial charge < -0.3 is 30.7 Å². The molecule has 2 aromatic rings. The molecule has 2 heterocycles. The Morgan fingerprint density at radius 3 is 2.33 bits per heavy atom. The van der Waals surface area contributed by atoms with Crippen LogP contribution in [0.3, 0.4) is 0 Å². The largest absolute Gasteiger partial charge is 0.444 e. The Bertz CT molecular complexity index is 1260. The summed E-state index contributed by atoms with van der Waals surface area (Å²) in [6.07, 6.45) is -0.0756. The lowest BCUT2D eigenvalue weighted by Crippen LogP contribution is -2.64. The molecule has 10 nitrogen and oxygen atoms in total. The topological polar surface area (TPSA) is 140 Å². The molecular weight excluding hydrogens is 500 g/mol. The molecule has 0 bridgehead atoms. The lowest BCUT2D eigenvalue weighted by Gasteiger charge is -2.37. The smallest absolute Gasteiger partial charge is 0.408 e. The molecule has 0 radical (unpaired) electrons. The molecule has 1 fully saturated rings. The van der Waals surface area contributed by atoms with E-state index in [4.69, 9.17) is 15.2 Å². The van der Waals surface area contributed by atoms with Gasteiger partial charge in [0.2, 0.25) is 11.8 Å².